The summed E-state index contributed by atoms with van der Waals surface area (Å²) < 4.78 is 6.88. The Balaban J connectivity index is 2.01. The number of anilines is 1. The van der Waals surface area contributed by atoms with Gasteiger partial charge in [0.2, 0.25) is 5.91 Å². The Kier molecular flexibility index (Phi) is 4.33. The van der Waals surface area contributed by atoms with Crippen molar-refractivity contribution in [1.82, 2.24) is 15.1 Å². The maximum Gasteiger partial charge on any atom is 0.227 e. The lowest BCUT2D eigenvalue weighted by Crippen LogP contribution is -2.25. The normalized spacial score (nSPS) is 15.7. The molecule has 1 aromatic rings. The van der Waals surface area contributed by atoms with E-state index in [4.69, 9.17) is 4.74 Å². The largest absolute Gasteiger partial charge is 0.383 e. The highest BCUT2D eigenvalue weighted by Crippen LogP contribution is 2.20. The van der Waals surface area contributed by atoms with E-state index in [9.17, 15) is 4.79 Å². The first-order valence-electron chi connectivity index (χ1n) is 6.25. The molecular weight excluding hydrogens is 232 g/mol. The minimum Gasteiger partial charge on any atom is -0.383 e. The van der Waals surface area contributed by atoms with Crippen LogP contribution in [0.25, 0.3) is 0 Å². The van der Waals surface area contributed by atoms with Gasteiger partial charge in [-0.1, -0.05) is 0 Å². The number of hydrogen-bond donors (Lipinski definition) is 1. The molecule has 0 fully saturated rings. The Labute approximate surface area is 107 Å². The van der Waals surface area contributed by atoms with E-state index < -0.39 is 0 Å². The third kappa shape index (κ3) is 2.88. The van der Waals surface area contributed by atoms with E-state index >= 15 is 0 Å². The molecule has 100 valence electrons. The summed E-state index contributed by atoms with van der Waals surface area (Å²) in [6.07, 6.45) is 1.45. The van der Waals surface area contributed by atoms with Crippen LogP contribution < -0.4 is 10.2 Å². The first-order chi connectivity index (χ1) is 8.72. The molecule has 0 atom stereocenters. The predicted molar refractivity (Wildman–Crippen MR) is 68.5 cm³/mol. The van der Waals surface area contributed by atoms with Gasteiger partial charge in [-0.2, -0.15) is 5.10 Å². The van der Waals surface area contributed by atoms with Crippen molar-refractivity contribution in [3.05, 3.63) is 11.8 Å². The van der Waals surface area contributed by atoms with Crippen molar-refractivity contribution in [2.75, 3.05) is 32.2 Å². The Morgan fingerprint density at radius 2 is 2.39 bits per heavy atom. The fourth-order valence-electron chi connectivity index (χ4n) is 2.05. The smallest absolute Gasteiger partial charge is 0.227 e. The highest BCUT2D eigenvalue weighted by molar-refractivity contribution is 5.92. The van der Waals surface area contributed by atoms with Crippen LogP contribution in [0.15, 0.2) is 6.07 Å². The molecule has 0 radical (unpaired) electrons. The van der Waals surface area contributed by atoms with Gasteiger partial charge in [-0.3, -0.25) is 4.79 Å². The zero-order valence-corrected chi connectivity index (χ0v) is 11.0. The van der Waals surface area contributed by atoms with E-state index in [0.717, 1.165) is 31.0 Å². The van der Waals surface area contributed by atoms with Crippen LogP contribution in [0.4, 0.5) is 5.82 Å². The Morgan fingerprint density at radius 3 is 3.17 bits per heavy atom. The van der Waals surface area contributed by atoms with Crippen molar-refractivity contribution in [1.29, 1.82) is 0 Å². The van der Waals surface area contributed by atoms with Crippen molar-refractivity contribution in [2.24, 2.45) is 0 Å². The number of carbonyl (C=O) groups excluding carboxylic acids is 1. The van der Waals surface area contributed by atoms with Crippen LogP contribution in [-0.2, 0) is 22.6 Å². The Morgan fingerprint density at radius 1 is 1.56 bits per heavy atom. The zero-order chi connectivity index (χ0) is 13.0. The molecule has 0 saturated carbocycles. The fourth-order valence-corrected chi connectivity index (χ4v) is 2.05. The average Bonchev–Trinajstić information content (AvgIpc) is 2.71. The van der Waals surface area contributed by atoms with Gasteiger partial charge in [0, 0.05) is 46.3 Å². The van der Waals surface area contributed by atoms with E-state index in [1.54, 1.807) is 12.0 Å². The molecule has 0 spiro atoms. The second-order valence-electron chi connectivity index (χ2n) is 4.44. The second kappa shape index (κ2) is 5.97. The molecule has 1 aliphatic rings. The van der Waals surface area contributed by atoms with E-state index in [1.165, 1.54) is 0 Å². The molecule has 6 nitrogen and oxygen atoms in total. The monoisotopic (exact) mass is 252 g/mol. The van der Waals surface area contributed by atoms with Crippen LogP contribution in [0.5, 0.6) is 0 Å². The van der Waals surface area contributed by atoms with E-state index in [0.29, 0.717) is 19.6 Å². The van der Waals surface area contributed by atoms with Crippen molar-refractivity contribution in [2.45, 2.75) is 25.9 Å². The van der Waals surface area contributed by atoms with Crippen molar-refractivity contribution in [3.8, 4) is 0 Å². The summed E-state index contributed by atoms with van der Waals surface area (Å²) in [6, 6.07) is 1.98. The first-order valence-corrected chi connectivity index (χ1v) is 6.25. The number of carbonyl (C=O) groups is 1. The van der Waals surface area contributed by atoms with Crippen molar-refractivity contribution in [3.63, 3.8) is 0 Å². The van der Waals surface area contributed by atoms with Gasteiger partial charge >= 0.3 is 0 Å². The Bertz CT molecular complexity index is 416. The third-order valence-electron chi connectivity index (χ3n) is 3.08. The molecule has 0 aromatic carbocycles. The van der Waals surface area contributed by atoms with Crippen molar-refractivity contribution >= 4 is 11.7 Å². The van der Waals surface area contributed by atoms with Gasteiger partial charge in [0.1, 0.15) is 5.82 Å². The summed E-state index contributed by atoms with van der Waals surface area (Å²) in [5, 5.41) is 7.76. The lowest BCUT2D eigenvalue weighted by atomic mass is 10.3. The lowest BCUT2D eigenvalue weighted by Gasteiger charge is -2.13. The first kappa shape index (κ1) is 13.0. The number of aryl methyl sites for hydroxylation is 1. The summed E-state index contributed by atoms with van der Waals surface area (Å²) in [6.45, 7) is 2.99. The highest BCUT2D eigenvalue weighted by atomic mass is 16.5. The molecule has 0 bridgehead atoms. The zero-order valence-electron chi connectivity index (χ0n) is 11.0. The van der Waals surface area contributed by atoms with Gasteiger partial charge in [0.05, 0.1) is 12.3 Å². The van der Waals surface area contributed by atoms with Gasteiger partial charge in [0.15, 0.2) is 0 Å². The molecule has 1 N–H and O–H groups in total. The molecular formula is C12H20N4O2. The SMILES string of the molecule is COCCNCc1cc2n(n1)CCCC(=O)N2C. The molecule has 2 rings (SSSR count). The maximum atomic E-state index is 11.7. The predicted octanol–water partition coefficient (Wildman–Crippen LogP) is 0.376. The van der Waals surface area contributed by atoms with Crippen LogP contribution >= 0.6 is 0 Å². The van der Waals surface area contributed by atoms with Crippen LogP contribution in [0, 0.1) is 0 Å². The maximum absolute atomic E-state index is 11.7. The van der Waals surface area contributed by atoms with Gasteiger partial charge in [-0.15, -0.1) is 0 Å². The minimum atomic E-state index is 0.160. The summed E-state index contributed by atoms with van der Waals surface area (Å²) in [4.78, 5) is 13.4. The molecule has 1 amide bonds. The van der Waals surface area contributed by atoms with E-state index in [1.807, 2.05) is 17.8 Å². The summed E-state index contributed by atoms with van der Waals surface area (Å²) in [5.74, 6) is 1.05. The fraction of sp³-hybridized carbons (Fsp3) is 0.667. The number of aromatic nitrogens is 2. The highest BCUT2D eigenvalue weighted by Gasteiger charge is 2.20. The van der Waals surface area contributed by atoms with Crippen molar-refractivity contribution < 1.29 is 9.53 Å². The number of hydrogen-bond acceptors (Lipinski definition) is 4. The number of rotatable bonds is 5. The van der Waals surface area contributed by atoms with Crippen LogP contribution in [0.3, 0.4) is 0 Å². The van der Waals surface area contributed by atoms with E-state index in [-0.39, 0.29) is 5.91 Å². The van der Waals surface area contributed by atoms with Crippen LogP contribution in [-0.4, -0.2) is 43.0 Å². The van der Waals surface area contributed by atoms with Crippen LogP contribution in [0.1, 0.15) is 18.5 Å². The molecule has 2 heterocycles. The van der Waals surface area contributed by atoms with Gasteiger partial charge in [0.25, 0.3) is 0 Å². The molecule has 6 heteroatoms. The molecule has 0 unspecified atom stereocenters. The molecule has 0 saturated heterocycles. The topological polar surface area (TPSA) is 59.4 Å². The standard InChI is InChI=1S/C12H20N4O2/c1-15-11-8-10(9-13-5-7-18-2)14-16(11)6-3-4-12(15)17/h8,13H,3-7,9H2,1-2H3. The summed E-state index contributed by atoms with van der Waals surface area (Å²) in [7, 11) is 3.49. The summed E-state index contributed by atoms with van der Waals surface area (Å²) in [5.41, 5.74) is 0.961. The number of fused-ring (bicyclic) bond motifs is 1. The van der Waals surface area contributed by atoms with Crippen LogP contribution in [0.2, 0.25) is 0 Å². The average molecular weight is 252 g/mol. The number of amides is 1. The number of nitrogens with one attached hydrogen (secondary N) is 1. The summed E-state index contributed by atoms with van der Waals surface area (Å²) >= 11 is 0. The third-order valence-corrected chi connectivity index (χ3v) is 3.08. The minimum absolute atomic E-state index is 0.160. The number of nitrogens with zero attached hydrogens (tertiary/aromatic N) is 3. The molecule has 0 aliphatic carbocycles. The van der Waals surface area contributed by atoms with Gasteiger partial charge < -0.3 is 15.0 Å². The van der Waals surface area contributed by atoms with Gasteiger partial charge in [-0.05, 0) is 6.42 Å². The quantitative estimate of drug-likeness (QED) is 0.769. The lowest BCUT2D eigenvalue weighted by molar-refractivity contribution is -0.118. The number of ether oxygens (including phenoxy) is 1. The molecule has 1 aromatic heterocycles. The molecule has 1 aliphatic heterocycles. The Hall–Kier alpha value is -1.40. The van der Waals surface area contributed by atoms with Gasteiger partial charge in [-0.25, -0.2) is 4.68 Å². The van der Waals surface area contributed by atoms with E-state index in [2.05, 4.69) is 10.4 Å². The number of methoxy groups -OCH3 is 1. The second-order valence-corrected chi connectivity index (χ2v) is 4.44. The molecule has 18 heavy (non-hydrogen) atoms.